The number of aromatic nitrogens is 3. The number of alkyl halides is 3. The molecule has 0 aliphatic carbocycles. The lowest BCUT2D eigenvalue weighted by atomic mass is 10.2. The van der Waals surface area contributed by atoms with E-state index in [9.17, 15) is 22.8 Å². The van der Waals surface area contributed by atoms with Crippen molar-refractivity contribution in [3.63, 3.8) is 0 Å². The van der Waals surface area contributed by atoms with Crippen molar-refractivity contribution in [2.24, 2.45) is 0 Å². The molecule has 0 unspecified atom stereocenters. The lowest BCUT2D eigenvalue weighted by Gasteiger charge is -2.35. The predicted octanol–water partition coefficient (Wildman–Crippen LogP) is 1.01. The van der Waals surface area contributed by atoms with Gasteiger partial charge in [0.05, 0.1) is 11.9 Å². The number of hydrogen-bond acceptors (Lipinski definition) is 5. The van der Waals surface area contributed by atoms with Crippen molar-refractivity contribution in [3.05, 3.63) is 52.8 Å². The molecule has 0 N–H and O–H groups in total. The van der Waals surface area contributed by atoms with E-state index in [4.69, 9.17) is 0 Å². The summed E-state index contributed by atoms with van der Waals surface area (Å²) in [7, 11) is 0. The van der Waals surface area contributed by atoms with E-state index in [1.54, 1.807) is 4.90 Å². The van der Waals surface area contributed by atoms with Crippen LogP contribution in [0.15, 0.2) is 41.7 Å². The van der Waals surface area contributed by atoms with Crippen LogP contribution in [0.25, 0.3) is 0 Å². The van der Waals surface area contributed by atoms with Crippen LogP contribution in [-0.4, -0.2) is 51.5 Å². The Balaban J connectivity index is 1.58. The zero-order chi connectivity index (χ0) is 18.7. The molecule has 3 rings (SSSR count). The molecule has 7 nitrogen and oxygen atoms in total. The number of amides is 1. The molecule has 10 heteroatoms. The number of piperazine rings is 1. The quantitative estimate of drug-likeness (QED) is 0.810. The van der Waals surface area contributed by atoms with Gasteiger partial charge >= 0.3 is 6.18 Å². The number of rotatable bonds is 3. The molecular formula is C16H16F3N5O2. The first-order valence-corrected chi connectivity index (χ1v) is 7.91. The van der Waals surface area contributed by atoms with E-state index in [0.29, 0.717) is 32.0 Å². The summed E-state index contributed by atoms with van der Waals surface area (Å²) in [6.45, 7) is 1.61. The van der Waals surface area contributed by atoms with Crippen LogP contribution in [0.5, 0.6) is 0 Å². The molecule has 0 radical (unpaired) electrons. The molecule has 1 amide bonds. The van der Waals surface area contributed by atoms with Gasteiger partial charge in [-0.05, 0) is 12.1 Å². The second-order valence-corrected chi connectivity index (χ2v) is 5.82. The van der Waals surface area contributed by atoms with Gasteiger partial charge in [0.15, 0.2) is 0 Å². The summed E-state index contributed by atoms with van der Waals surface area (Å²) < 4.78 is 39.0. The van der Waals surface area contributed by atoms with Gasteiger partial charge in [0.2, 0.25) is 5.91 Å². The van der Waals surface area contributed by atoms with Crippen LogP contribution in [0.2, 0.25) is 0 Å². The zero-order valence-electron chi connectivity index (χ0n) is 13.7. The minimum atomic E-state index is -4.42. The lowest BCUT2D eigenvalue weighted by Crippen LogP contribution is -2.50. The summed E-state index contributed by atoms with van der Waals surface area (Å²) in [5, 5.41) is 0. The Labute approximate surface area is 146 Å². The maximum absolute atomic E-state index is 12.6. The first kappa shape index (κ1) is 17.9. The summed E-state index contributed by atoms with van der Waals surface area (Å²) in [4.78, 5) is 35.0. The maximum Gasteiger partial charge on any atom is 0.417 e. The average Bonchev–Trinajstić information content (AvgIpc) is 2.63. The first-order valence-electron chi connectivity index (χ1n) is 7.91. The molecule has 26 heavy (non-hydrogen) atoms. The van der Waals surface area contributed by atoms with Crippen LogP contribution >= 0.6 is 0 Å². The Morgan fingerprint density at radius 3 is 2.42 bits per heavy atom. The third-order valence-electron chi connectivity index (χ3n) is 4.13. The van der Waals surface area contributed by atoms with Gasteiger partial charge in [0, 0.05) is 44.6 Å². The van der Waals surface area contributed by atoms with Gasteiger partial charge in [0.25, 0.3) is 5.56 Å². The normalized spacial score (nSPS) is 15.2. The van der Waals surface area contributed by atoms with E-state index < -0.39 is 11.7 Å². The highest BCUT2D eigenvalue weighted by molar-refractivity contribution is 5.76. The third kappa shape index (κ3) is 4.01. The van der Waals surface area contributed by atoms with E-state index >= 15 is 0 Å². The van der Waals surface area contributed by atoms with Crippen molar-refractivity contribution in [1.29, 1.82) is 0 Å². The van der Waals surface area contributed by atoms with Crippen molar-refractivity contribution >= 4 is 11.7 Å². The molecule has 0 aromatic carbocycles. The maximum atomic E-state index is 12.6. The third-order valence-corrected chi connectivity index (χ3v) is 4.13. The van der Waals surface area contributed by atoms with Gasteiger partial charge in [-0.1, -0.05) is 0 Å². The largest absolute Gasteiger partial charge is 0.417 e. The highest BCUT2D eigenvalue weighted by Crippen LogP contribution is 2.29. The van der Waals surface area contributed by atoms with Crippen molar-refractivity contribution in [1.82, 2.24) is 19.4 Å². The Bertz CT molecular complexity index is 827. The molecule has 2 aromatic heterocycles. The number of carbonyl (C=O) groups excluding carboxylic acids is 1. The second-order valence-electron chi connectivity index (χ2n) is 5.82. The molecule has 3 heterocycles. The predicted molar refractivity (Wildman–Crippen MR) is 86.5 cm³/mol. The molecule has 0 spiro atoms. The summed E-state index contributed by atoms with van der Waals surface area (Å²) >= 11 is 0. The van der Waals surface area contributed by atoms with Gasteiger partial charge in [-0.3, -0.25) is 14.2 Å². The van der Waals surface area contributed by atoms with E-state index in [2.05, 4.69) is 9.97 Å². The summed E-state index contributed by atoms with van der Waals surface area (Å²) in [5.74, 6) is 0.230. The Morgan fingerprint density at radius 2 is 1.85 bits per heavy atom. The Hall–Kier alpha value is -2.91. The highest BCUT2D eigenvalue weighted by Gasteiger charge is 2.31. The first-order chi connectivity index (χ1) is 12.3. The van der Waals surface area contributed by atoms with Gasteiger partial charge in [-0.25, -0.2) is 9.97 Å². The van der Waals surface area contributed by atoms with E-state index in [-0.39, 0.29) is 18.0 Å². The van der Waals surface area contributed by atoms with Crippen LogP contribution in [0.3, 0.4) is 0 Å². The number of halogens is 3. The standard InChI is InChI=1S/C16H16F3N5O2/c17-16(18,19)12-1-2-13(21-9-12)22-5-7-23(8-6-22)15(26)10-24-11-20-4-3-14(24)25/h1-4,9,11H,5-8,10H2. The van der Waals surface area contributed by atoms with Crippen molar-refractivity contribution in [2.45, 2.75) is 12.7 Å². The number of nitrogens with zero attached hydrogens (tertiary/aromatic N) is 5. The Morgan fingerprint density at radius 1 is 1.12 bits per heavy atom. The summed E-state index contributed by atoms with van der Waals surface area (Å²) in [5.41, 5.74) is -1.10. The number of carbonyl (C=O) groups is 1. The van der Waals surface area contributed by atoms with Crippen molar-refractivity contribution < 1.29 is 18.0 Å². The van der Waals surface area contributed by atoms with Crippen molar-refractivity contribution in [3.8, 4) is 0 Å². The van der Waals surface area contributed by atoms with Crippen molar-refractivity contribution in [2.75, 3.05) is 31.1 Å². The second kappa shape index (κ2) is 7.14. The molecule has 1 aliphatic rings. The molecule has 2 aromatic rings. The molecule has 1 aliphatic heterocycles. The molecule has 1 saturated heterocycles. The number of anilines is 1. The molecule has 0 saturated carbocycles. The van der Waals surface area contributed by atoms with E-state index in [1.807, 2.05) is 4.90 Å². The van der Waals surface area contributed by atoms with Gasteiger partial charge in [-0.15, -0.1) is 0 Å². The smallest absolute Gasteiger partial charge is 0.353 e. The van der Waals surface area contributed by atoms with Gasteiger partial charge < -0.3 is 9.80 Å². The lowest BCUT2D eigenvalue weighted by molar-refractivity contribution is -0.138. The van der Waals surface area contributed by atoms with Gasteiger partial charge in [0.1, 0.15) is 12.4 Å². The topological polar surface area (TPSA) is 71.3 Å². The molecular weight excluding hydrogens is 351 g/mol. The summed E-state index contributed by atoms with van der Waals surface area (Å²) in [6.07, 6.45) is -0.940. The molecule has 0 bridgehead atoms. The minimum Gasteiger partial charge on any atom is -0.353 e. The number of pyridine rings is 1. The SMILES string of the molecule is O=C(Cn1cnccc1=O)N1CCN(c2ccc(C(F)(F)F)cn2)CC1. The highest BCUT2D eigenvalue weighted by atomic mass is 19.4. The van der Waals surface area contributed by atoms with Crippen LogP contribution in [-0.2, 0) is 17.5 Å². The van der Waals surface area contributed by atoms with Crippen LogP contribution < -0.4 is 10.5 Å². The molecule has 138 valence electrons. The van der Waals surface area contributed by atoms with Crippen LogP contribution in [0, 0.1) is 0 Å². The fourth-order valence-electron chi connectivity index (χ4n) is 2.67. The molecule has 1 fully saturated rings. The monoisotopic (exact) mass is 367 g/mol. The Kier molecular flexibility index (Phi) is 4.92. The number of hydrogen-bond donors (Lipinski definition) is 0. The fraction of sp³-hybridized carbons (Fsp3) is 0.375. The van der Waals surface area contributed by atoms with Gasteiger partial charge in [-0.2, -0.15) is 13.2 Å². The average molecular weight is 367 g/mol. The van der Waals surface area contributed by atoms with Crippen LogP contribution in [0.1, 0.15) is 5.56 Å². The molecule has 0 atom stereocenters. The minimum absolute atomic E-state index is 0.0921. The zero-order valence-corrected chi connectivity index (χ0v) is 13.7. The summed E-state index contributed by atoms with van der Waals surface area (Å²) in [6, 6.07) is 3.60. The van der Waals surface area contributed by atoms with Crippen LogP contribution in [0.4, 0.5) is 19.0 Å². The fourth-order valence-corrected chi connectivity index (χ4v) is 2.67. The van der Waals surface area contributed by atoms with E-state index in [1.165, 1.54) is 29.2 Å². The van der Waals surface area contributed by atoms with E-state index in [0.717, 1.165) is 12.3 Å².